The fourth-order valence-electron chi connectivity index (χ4n) is 4.38. The largest absolute Gasteiger partial charge is 0.497 e. The number of carbonyl (C=O) groups is 1. The average Bonchev–Trinajstić information content (AvgIpc) is 3.28. The lowest BCUT2D eigenvalue weighted by Crippen LogP contribution is -2.28. The number of amides is 1. The number of methoxy groups -OCH3 is 1. The Kier molecular flexibility index (Phi) is 6.98. The van der Waals surface area contributed by atoms with Crippen molar-refractivity contribution in [3.05, 3.63) is 81.5 Å². The van der Waals surface area contributed by atoms with E-state index in [4.69, 9.17) is 9.73 Å². The molecule has 0 aliphatic carbocycles. The van der Waals surface area contributed by atoms with Crippen LogP contribution in [0, 0.1) is 20.8 Å². The van der Waals surface area contributed by atoms with Crippen LogP contribution in [0.15, 0.2) is 58.4 Å². The zero-order chi connectivity index (χ0) is 24.4. The van der Waals surface area contributed by atoms with Crippen molar-refractivity contribution in [3.8, 4) is 11.4 Å². The Labute approximate surface area is 206 Å². The molecular formula is C28H31N3O2S. The molecule has 2 aromatic carbocycles. The lowest BCUT2D eigenvalue weighted by molar-refractivity contribution is -0.122. The van der Waals surface area contributed by atoms with Gasteiger partial charge in [-0.3, -0.25) is 9.69 Å². The molecule has 1 fully saturated rings. The van der Waals surface area contributed by atoms with Gasteiger partial charge >= 0.3 is 0 Å². The number of carbonyl (C=O) groups excluding carboxylic acids is 1. The number of amidine groups is 1. The first-order chi connectivity index (χ1) is 16.4. The zero-order valence-electron chi connectivity index (χ0n) is 20.7. The number of likely N-dealkylation sites (N-methyl/N-ethyl adjacent to an activating group) is 1. The minimum atomic E-state index is -0.00490. The third-order valence-electron chi connectivity index (χ3n) is 6.18. The van der Waals surface area contributed by atoms with Crippen molar-refractivity contribution in [2.45, 2.75) is 41.0 Å². The molecule has 0 unspecified atom stereocenters. The molecule has 0 atom stereocenters. The van der Waals surface area contributed by atoms with Crippen LogP contribution in [0.1, 0.15) is 41.9 Å². The Balaban J connectivity index is 1.72. The summed E-state index contributed by atoms with van der Waals surface area (Å²) < 4.78 is 7.54. The monoisotopic (exact) mass is 473 g/mol. The number of aromatic nitrogens is 1. The number of aliphatic imine (C=N–C) groups is 1. The van der Waals surface area contributed by atoms with Crippen LogP contribution in [0.4, 0.5) is 5.69 Å². The lowest BCUT2D eigenvalue weighted by atomic mass is 10.1. The van der Waals surface area contributed by atoms with Gasteiger partial charge in [0.1, 0.15) is 5.75 Å². The van der Waals surface area contributed by atoms with Crippen molar-refractivity contribution in [2.75, 3.05) is 13.7 Å². The van der Waals surface area contributed by atoms with Gasteiger partial charge in [-0.15, -0.1) is 0 Å². The van der Waals surface area contributed by atoms with Gasteiger partial charge in [-0.2, -0.15) is 0 Å². The van der Waals surface area contributed by atoms with Crippen LogP contribution < -0.4 is 4.74 Å². The third-order valence-corrected chi connectivity index (χ3v) is 7.19. The summed E-state index contributed by atoms with van der Waals surface area (Å²) in [6.45, 7) is 11.1. The standard InChI is InChI=1S/C28H31N3O2S/c1-7-21-11-9-10-18(3)26(21)31-19(4)16-22(20(31)5)17-25-27(32)30(8-2)28(34-25)29-23-12-14-24(33-6)15-13-23/h9-17H,7-8H2,1-6H3/b25-17-,29-28?. The van der Waals surface area contributed by atoms with Gasteiger partial charge in [0.15, 0.2) is 5.17 Å². The smallest absolute Gasteiger partial charge is 0.266 e. The summed E-state index contributed by atoms with van der Waals surface area (Å²) in [6.07, 6.45) is 2.98. The Hall–Kier alpha value is -3.25. The molecule has 1 aliphatic rings. The van der Waals surface area contributed by atoms with Gasteiger partial charge in [-0.05, 0) is 99.0 Å². The molecular weight excluding hydrogens is 442 g/mol. The predicted octanol–water partition coefficient (Wildman–Crippen LogP) is 6.60. The Morgan fingerprint density at radius 3 is 2.44 bits per heavy atom. The first kappa shape index (κ1) is 23.9. The summed E-state index contributed by atoms with van der Waals surface area (Å²) in [5.41, 5.74) is 7.94. The highest BCUT2D eigenvalue weighted by Gasteiger charge is 2.32. The minimum Gasteiger partial charge on any atom is -0.497 e. The Morgan fingerprint density at radius 1 is 1.06 bits per heavy atom. The number of rotatable bonds is 6. The molecule has 1 aliphatic heterocycles. The molecule has 0 saturated carbocycles. The van der Waals surface area contributed by atoms with Crippen molar-refractivity contribution >= 4 is 34.6 Å². The van der Waals surface area contributed by atoms with Crippen molar-refractivity contribution in [1.29, 1.82) is 0 Å². The minimum absolute atomic E-state index is 0.00490. The highest BCUT2D eigenvalue weighted by atomic mass is 32.2. The summed E-state index contributed by atoms with van der Waals surface area (Å²) in [5, 5.41) is 0.699. The molecule has 3 aromatic rings. The topological polar surface area (TPSA) is 46.8 Å². The molecule has 0 radical (unpaired) electrons. The molecule has 34 heavy (non-hydrogen) atoms. The van der Waals surface area contributed by atoms with Crippen LogP contribution in [0.5, 0.6) is 5.75 Å². The van der Waals surface area contributed by atoms with Crippen LogP contribution in [-0.4, -0.2) is 34.2 Å². The predicted molar refractivity (Wildman–Crippen MR) is 142 cm³/mol. The van der Waals surface area contributed by atoms with E-state index < -0.39 is 0 Å². The van der Waals surface area contributed by atoms with Gasteiger partial charge in [0.25, 0.3) is 5.91 Å². The number of benzene rings is 2. The average molecular weight is 474 g/mol. The molecule has 1 saturated heterocycles. The summed E-state index contributed by atoms with van der Waals surface area (Å²) in [6, 6.07) is 16.2. The van der Waals surface area contributed by atoms with E-state index >= 15 is 0 Å². The molecule has 0 bridgehead atoms. The van der Waals surface area contributed by atoms with E-state index in [9.17, 15) is 4.79 Å². The van der Waals surface area contributed by atoms with Crippen molar-refractivity contribution < 1.29 is 9.53 Å². The zero-order valence-corrected chi connectivity index (χ0v) is 21.5. The normalized spacial score (nSPS) is 16.2. The fraction of sp³-hybridized carbons (Fsp3) is 0.286. The molecule has 2 heterocycles. The number of hydrogen-bond donors (Lipinski definition) is 0. The maximum Gasteiger partial charge on any atom is 0.266 e. The van der Waals surface area contributed by atoms with E-state index in [1.807, 2.05) is 37.3 Å². The van der Waals surface area contributed by atoms with Crippen LogP contribution in [-0.2, 0) is 11.2 Å². The van der Waals surface area contributed by atoms with Gasteiger partial charge in [0.05, 0.1) is 23.4 Å². The van der Waals surface area contributed by atoms with Gasteiger partial charge in [-0.1, -0.05) is 25.1 Å². The maximum absolute atomic E-state index is 13.2. The van der Waals surface area contributed by atoms with Crippen LogP contribution >= 0.6 is 11.8 Å². The van der Waals surface area contributed by atoms with E-state index in [1.165, 1.54) is 28.6 Å². The highest BCUT2D eigenvalue weighted by molar-refractivity contribution is 8.18. The van der Waals surface area contributed by atoms with Crippen molar-refractivity contribution in [2.24, 2.45) is 4.99 Å². The number of para-hydroxylation sites is 1. The first-order valence-electron chi connectivity index (χ1n) is 11.6. The molecule has 176 valence electrons. The molecule has 1 aromatic heterocycles. The molecule has 5 nitrogen and oxygen atoms in total. The maximum atomic E-state index is 13.2. The molecule has 4 rings (SSSR count). The van der Waals surface area contributed by atoms with E-state index in [0.717, 1.165) is 34.8 Å². The third kappa shape index (κ3) is 4.42. The second-order valence-corrected chi connectivity index (χ2v) is 9.36. The second kappa shape index (κ2) is 9.94. The highest BCUT2D eigenvalue weighted by Crippen LogP contribution is 2.36. The van der Waals surface area contributed by atoms with E-state index in [1.54, 1.807) is 12.0 Å². The fourth-order valence-corrected chi connectivity index (χ4v) is 5.43. The van der Waals surface area contributed by atoms with E-state index in [0.29, 0.717) is 16.6 Å². The summed E-state index contributed by atoms with van der Waals surface area (Å²) in [5.74, 6) is 0.775. The quantitative estimate of drug-likeness (QED) is 0.379. The SMILES string of the molecule is CCc1cccc(C)c1-n1c(C)cc(/C=C2\SC(=Nc3ccc(OC)cc3)N(CC)C2=O)c1C. The number of hydrogen-bond acceptors (Lipinski definition) is 4. The summed E-state index contributed by atoms with van der Waals surface area (Å²) >= 11 is 1.43. The summed E-state index contributed by atoms with van der Waals surface area (Å²) in [7, 11) is 1.64. The van der Waals surface area contributed by atoms with Gasteiger partial charge < -0.3 is 9.30 Å². The van der Waals surface area contributed by atoms with Crippen LogP contribution in [0.25, 0.3) is 11.8 Å². The summed E-state index contributed by atoms with van der Waals surface area (Å²) in [4.78, 5) is 20.4. The molecule has 0 spiro atoms. The second-order valence-electron chi connectivity index (χ2n) is 8.35. The Bertz CT molecular complexity index is 1290. The molecule has 6 heteroatoms. The van der Waals surface area contributed by atoms with Crippen LogP contribution in [0.2, 0.25) is 0 Å². The molecule has 0 N–H and O–H groups in total. The number of ether oxygens (including phenoxy) is 1. The number of nitrogens with zero attached hydrogens (tertiary/aromatic N) is 3. The van der Waals surface area contributed by atoms with Crippen molar-refractivity contribution in [1.82, 2.24) is 9.47 Å². The molecule has 1 amide bonds. The Morgan fingerprint density at radius 2 is 1.79 bits per heavy atom. The van der Waals surface area contributed by atoms with Gasteiger partial charge in [0.2, 0.25) is 0 Å². The van der Waals surface area contributed by atoms with Crippen molar-refractivity contribution in [3.63, 3.8) is 0 Å². The van der Waals surface area contributed by atoms with E-state index in [2.05, 4.69) is 56.5 Å². The van der Waals surface area contributed by atoms with Gasteiger partial charge in [0, 0.05) is 17.9 Å². The van der Waals surface area contributed by atoms with E-state index in [-0.39, 0.29) is 5.91 Å². The lowest BCUT2D eigenvalue weighted by Gasteiger charge is -2.17. The number of thioether (sulfide) groups is 1. The first-order valence-corrected chi connectivity index (χ1v) is 12.4. The number of aryl methyl sites for hydroxylation is 3. The van der Waals surface area contributed by atoms with Gasteiger partial charge in [-0.25, -0.2) is 4.99 Å². The van der Waals surface area contributed by atoms with Crippen LogP contribution in [0.3, 0.4) is 0 Å².